The number of rotatable bonds is 6. The molecule has 0 aliphatic carbocycles. The van der Waals surface area contributed by atoms with Gasteiger partial charge in [0.25, 0.3) is 0 Å². The van der Waals surface area contributed by atoms with Gasteiger partial charge >= 0.3 is 6.18 Å². The topological polar surface area (TPSA) is 97.2 Å². The lowest BCUT2D eigenvalue weighted by molar-refractivity contribution is -0.139. The molecule has 0 spiro atoms. The lowest BCUT2D eigenvalue weighted by Gasteiger charge is -2.34. The molecule has 0 saturated carbocycles. The number of aromatic nitrogens is 4. The highest BCUT2D eigenvalue weighted by Gasteiger charge is 2.35. The maximum absolute atomic E-state index is 13.9. The monoisotopic (exact) mass is 516 g/mol. The van der Waals surface area contributed by atoms with E-state index >= 15 is 0 Å². The number of hydrogen-bond acceptors (Lipinski definition) is 7. The fourth-order valence-electron chi connectivity index (χ4n) is 4.94. The van der Waals surface area contributed by atoms with Crippen LogP contribution in [0.15, 0.2) is 35.7 Å². The molecule has 196 valence electrons. The Hall–Kier alpha value is -3.54. The smallest absolute Gasteiger partial charge is 0.383 e. The van der Waals surface area contributed by atoms with Crippen LogP contribution in [0.5, 0.6) is 0 Å². The van der Waals surface area contributed by atoms with Gasteiger partial charge in [-0.05, 0) is 44.0 Å². The summed E-state index contributed by atoms with van der Waals surface area (Å²) in [6, 6.07) is 3.33. The largest absolute Gasteiger partial charge is 0.419 e. The van der Waals surface area contributed by atoms with Gasteiger partial charge in [0, 0.05) is 56.6 Å². The number of halogens is 4. The van der Waals surface area contributed by atoms with Gasteiger partial charge in [-0.25, -0.2) is 19.3 Å². The van der Waals surface area contributed by atoms with Gasteiger partial charge in [0.05, 0.1) is 16.8 Å². The van der Waals surface area contributed by atoms with Crippen molar-refractivity contribution in [2.75, 3.05) is 37.3 Å². The van der Waals surface area contributed by atoms with Crippen LogP contribution >= 0.6 is 0 Å². The van der Waals surface area contributed by atoms with Gasteiger partial charge < -0.3 is 20.5 Å². The Morgan fingerprint density at radius 2 is 1.95 bits per heavy atom. The Labute approximate surface area is 211 Å². The molecule has 3 aromatic rings. The Morgan fingerprint density at radius 1 is 1.19 bits per heavy atom. The van der Waals surface area contributed by atoms with Crippen LogP contribution in [0, 0.1) is 5.82 Å². The Bertz CT molecular complexity index is 1290. The van der Waals surface area contributed by atoms with Crippen molar-refractivity contribution < 1.29 is 17.6 Å². The predicted molar refractivity (Wildman–Crippen MR) is 133 cm³/mol. The molecule has 1 aromatic carbocycles. The highest BCUT2D eigenvalue weighted by Crippen LogP contribution is 2.36. The Kier molecular flexibility index (Phi) is 6.84. The van der Waals surface area contributed by atoms with Crippen LogP contribution in [0.3, 0.4) is 0 Å². The van der Waals surface area contributed by atoms with E-state index in [-0.39, 0.29) is 11.5 Å². The number of imidazole rings is 1. The van der Waals surface area contributed by atoms with Crippen LogP contribution in [0.1, 0.15) is 42.1 Å². The average Bonchev–Trinajstić information content (AvgIpc) is 3.26. The fourth-order valence-corrected chi connectivity index (χ4v) is 4.94. The predicted octanol–water partition coefficient (Wildman–Crippen LogP) is 3.87. The number of aliphatic imine (C=N–C) groups is 1. The van der Waals surface area contributed by atoms with Gasteiger partial charge in [-0.2, -0.15) is 13.2 Å². The summed E-state index contributed by atoms with van der Waals surface area (Å²) in [5.74, 6) is 0.738. The van der Waals surface area contributed by atoms with Crippen molar-refractivity contribution in [3.05, 3.63) is 53.5 Å². The molecule has 37 heavy (non-hydrogen) atoms. The van der Waals surface area contributed by atoms with Crippen molar-refractivity contribution in [2.45, 2.75) is 43.9 Å². The molecule has 5 rings (SSSR count). The first-order valence-electron chi connectivity index (χ1n) is 12.2. The Balaban J connectivity index is 1.41. The summed E-state index contributed by atoms with van der Waals surface area (Å²) in [7, 11) is 1.66. The van der Waals surface area contributed by atoms with E-state index in [1.54, 1.807) is 19.5 Å². The van der Waals surface area contributed by atoms with Crippen LogP contribution in [0.4, 0.5) is 29.2 Å². The second-order valence-electron chi connectivity index (χ2n) is 9.41. The molecule has 12 heteroatoms. The first kappa shape index (κ1) is 25.1. The number of nitrogens with zero attached hydrogens (tertiary/aromatic N) is 6. The van der Waals surface area contributed by atoms with Crippen LogP contribution in [-0.4, -0.2) is 58.5 Å². The summed E-state index contributed by atoms with van der Waals surface area (Å²) in [6.07, 6.45) is 2.68. The third-order valence-corrected chi connectivity index (χ3v) is 7.03. The van der Waals surface area contributed by atoms with E-state index in [0.717, 1.165) is 49.6 Å². The summed E-state index contributed by atoms with van der Waals surface area (Å²) in [5, 5.41) is 3.37. The summed E-state index contributed by atoms with van der Waals surface area (Å²) < 4.78 is 55.9. The number of nitrogen functional groups attached to an aromatic ring is 1. The molecule has 3 N–H and O–H groups in total. The van der Waals surface area contributed by atoms with Crippen molar-refractivity contribution >= 4 is 17.9 Å². The van der Waals surface area contributed by atoms with Crippen molar-refractivity contribution in [1.29, 1.82) is 0 Å². The lowest BCUT2D eigenvalue weighted by Crippen LogP contribution is -2.45. The fraction of sp³-hybridized carbons (Fsp3) is 0.440. The highest BCUT2D eigenvalue weighted by atomic mass is 19.4. The summed E-state index contributed by atoms with van der Waals surface area (Å²) in [5.41, 5.74) is 6.09. The number of benzene rings is 1. The number of nitrogens with two attached hydrogens (primary N) is 1. The quantitative estimate of drug-likeness (QED) is 0.381. The first-order chi connectivity index (χ1) is 17.7. The van der Waals surface area contributed by atoms with E-state index in [2.05, 4.69) is 25.2 Å². The molecule has 2 saturated heterocycles. The summed E-state index contributed by atoms with van der Waals surface area (Å²) >= 11 is 0. The second-order valence-corrected chi connectivity index (χ2v) is 9.41. The average molecular weight is 517 g/mol. The first-order valence-corrected chi connectivity index (χ1v) is 12.2. The van der Waals surface area contributed by atoms with E-state index in [0.29, 0.717) is 42.8 Å². The molecule has 2 aliphatic heterocycles. The molecular formula is C25H28F4N8. The number of nitrogens with one attached hydrogen (secondary N) is 1. The minimum atomic E-state index is -4.78. The zero-order valence-electron chi connectivity index (χ0n) is 20.3. The molecule has 0 bridgehead atoms. The number of anilines is 2. The SMILES string of the molecule is C/N=C/c1c(N)ncnc1N1CCC(c2nc(-c3ccc(F)c(C(F)(F)F)c3)cn2CC2CCN2)CC1. The maximum Gasteiger partial charge on any atom is 0.419 e. The molecule has 2 aliphatic rings. The molecule has 4 heterocycles. The van der Waals surface area contributed by atoms with Gasteiger partial charge in [0.15, 0.2) is 0 Å². The zero-order valence-corrected chi connectivity index (χ0v) is 20.3. The van der Waals surface area contributed by atoms with Crippen molar-refractivity contribution in [1.82, 2.24) is 24.8 Å². The third kappa shape index (κ3) is 5.15. The van der Waals surface area contributed by atoms with Crippen molar-refractivity contribution in [3.8, 4) is 11.3 Å². The van der Waals surface area contributed by atoms with Gasteiger partial charge in [-0.3, -0.25) is 4.99 Å². The van der Waals surface area contributed by atoms with E-state index in [1.807, 2.05) is 4.57 Å². The molecule has 1 unspecified atom stereocenters. The minimum absolute atomic E-state index is 0.107. The standard InChI is InChI=1S/C25H28F4N8/c1-31-11-18-22(30)33-14-34-24(18)36-8-5-15(6-9-36)23-35-21(13-37(23)12-17-4-7-32-17)16-2-3-20(26)19(10-16)25(27,28)29/h2-3,10-11,13-15,17,32H,4-9,12H2,1H3,(H2,30,33,34)/b31-11+. The number of alkyl halides is 3. The van der Waals surface area contributed by atoms with Gasteiger partial charge in [-0.15, -0.1) is 0 Å². The molecule has 1 atom stereocenters. The summed E-state index contributed by atoms with van der Waals surface area (Å²) in [6.45, 7) is 3.02. The van der Waals surface area contributed by atoms with Crippen LogP contribution < -0.4 is 16.0 Å². The van der Waals surface area contributed by atoms with E-state index in [4.69, 9.17) is 10.7 Å². The van der Waals surface area contributed by atoms with Gasteiger partial charge in [-0.1, -0.05) is 0 Å². The zero-order chi connectivity index (χ0) is 26.2. The van der Waals surface area contributed by atoms with Gasteiger partial charge in [0.1, 0.15) is 29.6 Å². The van der Waals surface area contributed by atoms with E-state index in [1.165, 1.54) is 12.4 Å². The van der Waals surface area contributed by atoms with Crippen molar-refractivity contribution in [3.63, 3.8) is 0 Å². The number of piperidine rings is 1. The molecular weight excluding hydrogens is 488 g/mol. The molecule has 0 radical (unpaired) electrons. The lowest BCUT2D eigenvalue weighted by atomic mass is 9.95. The van der Waals surface area contributed by atoms with E-state index < -0.39 is 17.6 Å². The third-order valence-electron chi connectivity index (χ3n) is 7.03. The Morgan fingerprint density at radius 3 is 2.59 bits per heavy atom. The van der Waals surface area contributed by atoms with Crippen LogP contribution in [0.25, 0.3) is 11.3 Å². The number of hydrogen-bond donors (Lipinski definition) is 2. The molecule has 0 amide bonds. The van der Waals surface area contributed by atoms with Gasteiger partial charge in [0.2, 0.25) is 0 Å². The highest BCUT2D eigenvalue weighted by molar-refractivity contribution is 5.91. The normalized spacial score (nSPS) is 18.9. The van der Waals surface area contributed by atoms with E-state index in [9.17, 15) is 17.6 Å². The molecule has 8 nitrogen and oxygen atoms in total. The van der Waals surface area contributed by atoms with Crippen molar-refractivity contribution in [2.24, 2.45) is 4.99 Å². The second kappa shape index (κ2) is 10.1. The van der Waals surface area contributed by atoms with Crippen LogP contribution in [0.2, 0.25) is 0 Å². The minimum Gasteiger partial charge on any atom is -0.383 e. The van der Waals surface area contributed by atoms with Crippen LogP contribution in [-0.2, 0) is 12.7 Å². The maximum atomic E-state index is 13.9. The summed E-state index contributed by atoms with van der Waals surface area (Å²) in [4.78, 5) is 19.5. The molecule has 2 fully saturated rings. The molecule has 2 aromatic heterocycles.